The highest BCUT2D eigenvalue weighted by Gasteiger charge is 2.35. The Kier molecular flexibility index (Phi) is 4.38. The van der Waals surface area contributed by atoms with Crippen molar-refractivity contribution in [1.82, 2.24) is 4.90 Å². The number of aryl methyl sites for hydroxylation is 1. The molecule has 0 saturated carbocycles. The maximum Gasteiger partial charge on any atom is 0.293 e. The van der Waals surface area contributed by atoms with Crippen LogP contribution in [0.15, 0.2) is 41.3 Å². The van der Waals surface area contributed by atoms with Crippen LogP contribution in [0, 0.1) is 6.92 Å². The van der Waals surface area contributed by atoms with Gasteiger partial charge in [0.05, 0.1) is 11.4 Å². The number of thioether (sulfide) groups is 1. The fourth-order valence-corrected chi connectivity index (χ4v) is 3.92. The molecule has 3 nitrogen and oxygen atoms in total. The van der Waals surface area contributed by atoms with E-state index in [9.17, 15) is 9.59 Å². The number of amides is 2. The maximum atomic E-state index is 12.4. The molecule has 0 atom stereocenters. The molecule has 1 saturated heterocycles. The van der Waals surface area contributed by atoms with E-state index in [1.165, 1.54) is 9.78 Å². The van der Waals surface area contributed by atoms with Crippen LogP contribution in [0.5, 0.6) is 0 Å². The first kappa shape index (κ1) is 15.3. The highest BCUT2D eigenvalue weighted by atomic mass is 35.5. The van der Waals surface area contributed by atoms with Gasteiger partial charge in [-0.15, -0.1) is 11.3 Å². The second kappa shape index (κ2) is 6.28. The molecule has 0 radical (unpaired) electrons. The third kappa shape index (κ3) is 3.27. The first-order valence-corrected chi connectivity index (χ1v) is 8.60. The van der Waals surface area contributed by atoms with Crippen molar-refractivity contribution < 1.29 is 9.59 Å². The van der Waals surface area contributed by atoms with Crippen LogP contribution in [0.25, 0.3) is 6.08 Å². The average molecular weight is 350 g/mol. The monoisotopic (exact) mass is 349 g/mol. The van der Waals surface area contributed by atoms with E-state index in [0.29, 0.717) is 9.93 Å². The molecule has 1 aliphatic rings. The zero-order chi connectivity index (χ0) is 15.7. The molecule has 0 bridgehead atoms. The van der Waals surface area contributed by atoms with E-state index in [0.717, 1.165) is 22.2 Å². The van der Waals surface area contributed by atoms with E-state index in [1.54, 1.807) is 29.5 Å². The number of halogens is 1. The lowest BCUT2D eigenvalue weighted by Gasteiger charge is -2.12. The van der Waals surface area contributed by atoms with Crippen molar-refractivity contribution in [2.45, 2.75) is 13.5 Å². The topological polar surface area (TPSA) is 37.4 Å². The van der Waals surface area contributed by atoms with E-state index in [1.807, 2.05) is 31.2 Å². The summed E-state index contributed by atoms with van der Waals surface area (Å²) in [4.78, 5) is 28.4. The number of carbonyl (C=O) groups excluding carboxylic acids is 2. The van der Waals surface area contributed by atoms with Gasteiger partial charge >= 0.3 is 0 Å². The Morgan fingerprint density at radius 1 is 1.14 bits per heavy atom. The number of nitrogens with zero attached hydrogens (tertiary/aromatic N) is 1. The molecule has 112 valence electrons. The zero-order valence-electron chi connectivity index (χ0n) is 11.7. The van der Waals surface area contributed by atoms with E-state index < -0.39 is 0 Å². The summed E-state index contributed by atoms with van der Waals surface area (Å²) in [5, 5.41) is 0.394. The molecule has 0 spiro atoms. The average Bonchev–Trinajstić information content (AvgIpc) is 3.00. The fraction of sp³-hybridized carbons (Fsp3) is 0.125. The second-order valence-electron chi connectivity index (χ2n) is 4.84. The second-order valence-corrected chi connectivity index (χ2v) is 7.59. The number of imide groups is 1. The van der Waals surface area contributed by atoms with Crippen LogP contribution in [-0.4, -0.2) is 16.0 Å². The Morgan fingerprint density at radius 3 is 2.50 bits per heavy atom. The number of hydrogen-bond acceptors (Lipinski definition) is 4. The van der Waals surface area contributed by atoms with Crippen molar-refractivity contribution in [3.63, 3.8) is 0 Å². The highest BCUT2D eigenvalue weighted by molar-refractivity contribution is 8.18. The van der Waals surface area contributed by atoms with Crippen LogP contribution in [0.4, 0.5) is 4.79 Å². The van der Waals surface area contributed by atoms with Crippen molar-refractivity contribution in [2.24, 2.45) is 0 Å². The van der Waals surface area contributed by atoms with E-state index >= 15 is 0 Å². The summed E-state index contributed by atoms with van der Waals surface area (Å²) in [6.07, 6.45) is 1.78. The largest absolute Gasteiger partial charge is 0.293 e. The molecule has 2 aromatic rings. The molecule has 2 amide bonds. The Morgan fingerprint density at radius 2 is 1.86 bits per heavy atom. The van der Waals surface area contributed by atoms with Gasteiger partial charge in [-0.1, -0.05) is 23.7 Å². The van der Waals surface area contributed by atoms with Crippen LogP contribution < -0.4 is 0 Å². The molecule has 1 aromatic heterocycles. The van der Waals surface area contributed by atoms with Gasteiger partial charge in [-0.2, -0.15) is 0 Å². The summed E-state index contributed by atoms with van der Waals surface area (Å²) in [6, 6.07) is 11.1. The molecule has 0 aliphatic carbocycles. The van der Waals surface area contributed by atoms with Crippen LogP contribution in [0.1, 0.15) is 15.3 Å². The van der Waals surface area contributed by atoms with Gasteiger partial charge in [0.15, 0.2) is 0 Å². The predicted molar refractivity (Wildman–Crippen MR) is 92.0 cm³/mol. The van der Waals surface area contributed by atoms with Crippen LogP contribution in [-0.2, 0) is 11.3 Å². The van der Waals surface area contributed by atoms with Crippen molar-refractivity contribution >= 4 is 51.9 Å². The molecular formula is C16H12ClNO2S2. The first-order valence-electron chi connectivity index (χ1n) is 6.59. The van der Waals surface area contributed by atoms with Crippen molar-refractivity contribution in [3.05, 3.63) is 61.6 Å². The third-order valence-corrected chi connectivity index (χ3v) is 5.27. The summed E-state index contributed by atoms with van der Waals surface area (Å²) in [5.41, 5.74) is 0.875. The minimum absolute atomic E-state index is 0.237. The van der Waals surface area contributed by atoms with Gasteiger partial charge in [0.25, 0.3) is 11.1 Å². The maximum absolute atomic E-state index is 12.4. The predicted octanol–water partition coefficient (Wildman–Crippen LogP) is 4.95. The van der Waals surface area contributed by atoms with Gasteiger partial charge in [0.2, 0.25) is 0 Å². The normalized spacial score (nSPS) is 16.8. The lowest BCUT2D eigenvalue weighted by Crippen LogP contribution is -2.27. The molecule has 0 N–H and O–H groups in total. The summed E-state index contributed by atoms with van der Waals surface area (Å²) < 4.78 is 0. The van der Waals surface area contributed by atoms with Crippen LogP contribution >= 0.6 is 34.7 Å². The number of thiophene rings is 1. The first-order chi connectivity index (χ1) is 10.5. The summed E-state index contributed by atoms with van der Waals surface area (Å²) in [7, 11) is 0. The number of hydrogen-bond donors (Lipinski definition) is 0. The molecule has 1 fully saturated rings. The summed E-state index contributed by atoms with van der Waals surface area (Å²) in [5.74, 6) is -0.240. The van der Waals surface area contributed by atoms with Crippen molar-refractivity contribution in [1.29, 1.82) is 0 Å². The minimum Gasteiger partial charge on any atom is -0.268 e. The highest BCUT2D eigenvalue weighted by Crippen LogP contribution is 2.34. The van der Waals surface area contributed by atoms with Crippen molar-refractivity contribution in [3.8, 4) is 0 Å². The molecule has 2 heterocycles. The molecule has 22 heavy (non-hydrogen) atoms. The summed E-state index contributed by atoms with van der Waals surface area (Å²) >= 11 is 8.43. The quantitative estimate of drug-likeness (QED) is 0.736. The fourth-order valence-electron chi connectivity index (χ4n) is 2.07. The van der Waals surface area contributed by atoms with Gasteiger partial charge in [-0.3, -0.25) is 14.5 Å². The molecule has 1 aromatic carbocycles. The lowest BCUT2D eigenvalue weighted by atomic mass is 10.2. The number of benzene rings is 1. The van der Waals surface area contributed by atoms with E-state index in [2.05, 4.69) is 0 Å². The van der Waals surface area contributed by atoms with Gasteiger partial charge in [-0.05, 0) is 54.6 Å². The molecule has 0 unspecified atom stereocenters. The standard InChI is InChI=1S/C16H12ClNO2S2/c1-10-2-7-13(21-10)8-14-15(19)18(16(20)22-14)9-11-3-5-12(17)6-4-11/h2-8H,9H2,1H3/b14-8-. The Labute approximate surface area is 141 Å². The SMILES string of the molecule is Cc1ccc(/C=C2\SC(=O)N(Cc3ccc(Cl)cc3)C2=O)s1. The molecular weight excluding hydrogens is 338 g/mol. The van der Waals surface area contributed by atoms with Gasteiger partial charge in [0.1, 0.15) is 0 Å². The Bertz CT molecular complexity index is 765. The molecule has 1 aliphatic heterocycles. The van der Waals surface area contributed by atoms with E-state index in [4.69, 9.17) is 11.6 Å². The van der Waals surface area contributed by atoms with E-state index in [-0.39, 0.29) is 17.7 Å². The van der Waals surface area contributed by atoms with Crippen LogP contribution in [0.2, 0.25) is 5.02 Å². The number of rotatable bonds is 3. The van der Waals surface area contributed by atoms with Crippen molar-refractivity contribution in [2.75, 3.05) is 0 Å². The lowest BCUT2D eigenvalue weighted by molar-refractivity contribution is -0.123. The summed E-state index contributed by atoms with van der Waals surface area (Å²) in [6.45, 7) is 2.27. The smallest absolute Gasteiger partial charge is 0.268 e. The number of carbonyl (C=O) groups is 2. The van der Waals surface area contributed by atoms with Gasteiger partial charge in [0, 0.05) is 14.8 Å². The Balaban J connectivity index is 1.79. The molecule has 6 heteroatoms. The van der Waals surface area contributed by atoms with Gasteiger partial charge < -0.3 is 0 Å². The van der Waals surface area contributed by atoms with Gasteiger partial charge in [-0.25, -0.2) is 0 Å². The molecule has 3 rings (SSSR count). The zero-order valence-corrected chi connectivity index (χ0v) is 14.1. The van der Waals surface area contributed by atoms with Crippen LogP contribution in [0.3, 0.4) is 0 Å². The Hall–Kier alpha value is -1.56. The minimum atomic E-state index is -0.240. The third-order valence-electron chi connectivity index (χ3n) is 3.16.